The molecule has 0 bridgehead atoms. The Hall–Kier alpha value is -3.08. The lowest BCUT2D eigenvalue weighted by molar-refractivity contribution is -0.384. The Morgan fingerprint density at radius 1 is 0.810 bits per heavy atom. The van der Waals surface area contributed by atoms with Gasteiger partial charge in [0.25, 0.3) is 5.69 Å². The molecule has 2 aromatic heterocycles. The van der Waals surface area contributed by atoms with Crippen molar-refractivity contribution in [3.63, 3.8) is 0 Å². The van der Waals surface area contributed by atoms with Crippen molar-refractivity contribution >= 4 is 27.5 Å². The summed E-state index contributed by atoms with van der Waals surface area (Å²) in [6, 6.07) is 16.9. The van der Waals surface area contributed by atoms with Crippen molar-refractivity contribution in [1.29, 1.82) is 0 Å². The quantitative estimate of drug-likeness (QED) is 0.404. The molecule has 0 atom stereocenters. The van der Waals surface area contributed by atoms with Crippen LogP contribution in [-0.4, -0.2) is 14.9 Å². The van der Waals surface area contributed by atoms with Gasteiger partial charge in [-0.3, -0.25) is 10.1 Å². The molecule has 0 saturated carbocycles. The van der Waals surface area contributed by atoms with Gasteiger partial charge in [0.15, 0.2) is 0 Å². The zero-order valence-corrected chi connectivity index (χ0v) is 11.1. The van der Waals surface area contributed by atoms with Crippen LogP contribution in [0, 0.1) is 10.1 Å². The minimum absolute atomic E-state index is 0.116. The van der Waals surface area contributed by atoms with Gasteiger partial charge in [0.2, 0.25) is 0 Å². The lowest BCUT2D eigenvalue weighted by Crippen LogP contribution is -1.86. The predicted octanol–water partition coefficient (Wildman–Crippen LogP) is 4.24. The van der Waals surface area contributed by atoms with Crippen molar-refractivity contribution in [2.24, 2.45) is 0 Å². The maximum atomic E-state index is 10.4. The molecule has 2 aromatic carbocycles. The number of fused-ring (bicyclic) bond motifs is 2. The van der Waals surface area contributed by atoms with E-state index in [1.54, 1.807) is 12.3 Å². The van der Waals surface area contributed by atoms with Crippen LogP contribution in [0.5, 0.6) is 0 Å². The first-order chi connectivity index (χ1) is 10.2. The van der Waals surface area contributed by atoms with Gasteiger partial charge in [-0.25, -0.2) is 0 Å². The van der Waals surface area contributed by atoms with Gasteiger partial charge in [0.05, 0.1) is 10.4 Å². The standard InChI is InChI=1S/C8H6N2O2.C8H7N/c11-10(12)7-2-1-6-3-4-9-8(6)5-7;1-2-4-8-7(3-1)5-6-9-8/h1-5,9H;1-6,9H. The Balaban J connectivity index is 0.000000131. The first-order valence-corrected chi connectivity index (χ1v) is 6.48. The van der Waals surface area contributed by atoms with Crippen molar-refractivity contribution in [2.45, 2.75) is 0 Å². The summed E-state index contributed by atoms with van der Waals surface area (Å²) in [5.74, 6) is 0. The van der Waals surface area contributed by atoms with Gasteiger partial charge in [0.1, 0.15) is 0 Å². The first-order valence-electron chi connectivity index (χ1n) is 6.48. The zero-order chi connectivity index (χ0) is 14.7. The normalized spacial score (nSPS) is 10.3. The van der Waals surface area contributed by atoms with E-state index in [0.717, 1.165) is 10.9 Å². The highest BCUT2D eigenvalue weighted by Gasteiger charge is 2.05. The molecule has 0 spiro atoms. The molecule has 5 nitrogen and oxygen atoms in total. The highest BCUT2D eigenvalue weighted by Crippen LogP contribution is 2.18. The highest BCUT2D eigenvalue weighted by atomic mass is 16.6. The van der Waals surface area contributed by atoms with Crippen LogP contribution in [0.3, 0.4) is 0 Å². The summed E-state index contributed by atoms with van der Waals surface area (Å²) >= 11 is 0. The van der Waals surface area contributed by atoms with Crippen LogP contribution in [-0.2, 0) is 0 Å². The molecule has 2 N–H and O–H groups in total. The van der Waals surface area contributed by atoms with Crippen molar-refractivity contribution in [3.05, 3.63) is 77.1 Å². The second-order valence-electron chi connectivity index (χ2n) is 4.57. The number of rotatable bonds is 1. The molecule has 4 aromatic rings. The summed E-state index contributed by atoms with van der Waals surface area (Å²) in [4.78, 5) is 16.0. The Kier molecular flexibility index (Phi) is 3.39. The number of nitro groups is 1. The van der Waals surface area contributed by atoms with E-state index in [4.69, 9.17) is 0 Å². The molecular weight excluding hydrogens is 266 g/mol. The lowest BCUT2D eigenvalue weighted by atomic mass is 10.2. The van der Waals surface area contributed by atoms with Crippen molar-refractivity contribution < 1.29 is 4.92 Å². The fourth-order valence-corrected chi connectivity index (χ4v) is 2.14. The third-order valence-electron chi connectivity index (χ3n) is 3.21. The molecule has 2 heterocycles. The average Bonchev–Trinajstić information content (AvgIpc) is 3.15. The van der Waals surface area contributed by atoms with E-state index in [1.165, 1.54) is 23.0 Å². The summed E-state index contributed by atoms with van der Waals surface area (Å²) in [6.07, 6.45) is 3.71. The topological polar surface area (TPSA) is 74.7 Å². The zero-order valence-electron chi connectivity index (χ0n) is 11.1. The summed E-state index contributed by atoms with van der Waals surface area (Å²) in [6.45, 7) is 0. The SMILES string of the molecule is O=[N+]([O-])c1ccc2cc[nH]c2c1.c1ccc2[nH]ccc2c1. The predicted molar refractivity (Wildman–Crippen MR) is 83.3 cm³/mol. The molecule has 0 amide bonds. The number of hydrogen-bond acceptors (Lipinski definition) is 2. The number of non-ortho nitro benzene ring substituents is 1. The van der Waals surface area contributed by atoms with E-state index in [-0.39, 0.29) is 5.69 Å². The van der Waals surface area contributed by atoms with Gasteiger partial charge < -0.3 is 9.97 Å². The van der Waals surface area contributed by atoms with Gasteiger partial charge >= 0.3 is 0 Å². The minimum atomic E-state index is -0.402. The number of H-pyrrole nitrogens is 2. The molecule has 5 heteroatoms. The van der Waals surface area contributed by atoms with E-state index in [2.05, 4.69) is 28.2 Å². The van der Waals surface area contributed by atoms with Crippen LogP contribution >= 0.6 is 0 Å². The summed E-state index contributed by atoms with van der Waals surface area (Å²) < 4.78 is 0. The third-order valence-corrected chi connectivity index (χ3v) is 3.21. The Morgan fingerprint density at radius 2 is 1.48 bits per heavy atom. The van der Waals surface area contributed by atoms with Gasteiger partial charge in [0, 0.05) is 30.0 Å². The number of benzene rings is 2. The molecule has 0 fully saturated rings. The fraction of sp³-hybridized carbons (Fsp3) is 0. The second-order valence-corrected chi connectivity index (χ2v) is 4.57. The van der Waals surface area contributed by atoms with Gasteiger partial charge in [-0.1, -0.05) is 18.2 Å². The number of para-hydroxylation sites is 1. The van der Waals surface area contributed by atoms with E-state index < -0.39 is 4.92 Å². The van der Waals surface area contributed by atoms with Gasteiger partial charge in [-0.15, -0.1) is 0 Å². The minimum Gasteiger partial charge on any atom is -0.361 e. The Morgan fingerprint density at radius 3 is 2.19 bits per heavy atom. The molecule has 4 rings (SSSR count). The van der Waals surface area contributed by atoms with Crippen LogP contribution in [0.1, 0.15) is 0 Å². The molecular formula is C16H13N3O2. The van der Waals surface area contributed by atoms with E-state index >= 15 is 0 Å². The van der Waals surface area contributed by atoms with Crippen LogP contribution in [0.4, 0.5) is 5.69 Å². The summed E-state index contributed by atoms with van der Waals surface area (Å²) in [5, 5.41) is 12.6. The average molecular weight is 279 g/mol. The molecule has 21 heavy (non-hydrogen) atoms. The summed E-state index contributed by atoms with van der Waals surface area (Å²) in [7, 11) is 0. The molecule has 0 aliphatic carbocycles. The number of aromatic nitrogens is 2. The number of nitrogens with one attached hydrogen (secondary N) is 2. The van der Waals surface area contributed by atoms with Gasteiger partial charge in [-0.2, -0.15) is 0 Å². The number of nitrogens with zero attached hydrogens (tertiary/aromatic N) is 1. The van der Waals surface area contributed by atoms with E-state index in [9.17, 15) is 10.1 Å². The van der Waals surface area contributed by atoms with Crippen molar-refractivity contribution in [1.82, 2.24) is 9.97 Å². The van der Waals surface area contributed by atoms with Gasteiger partial charge in [-0.05, 0) is 35.0 Å². The van der Waals surface area contributed by atoms with Crippen LogP contribution < -0.4 is 0 Å². The molecule has 0 radical (unpaired) electrons. The van der Waals surface area contributed by atoms with Crippen LogP contribution in [0.15, 0.2) is 67.0 Å². The number of nitro benzene ring substituents is 1. The molecule has 0 saturated heterocycles. The maximum absolute atomic E-state index is 10.4. The Bertz CT molecular complexity index is 862. The van der Waals surface area contributed by atoms with Crippen molar-refractivity contribution in [3.8, 4) is 0 Å². The molecule has 0 aliphatic heterocycles. The molecule has 0 aliphatic rings. The fourth-order valence-electron chi connectivity index (χ4n) is 2.14. The third kappa shape index (κ3) is 2.76. The molecule has 104 valence electrons. The van der Waals surface area contributed by atoms with E-state index in [1.807, 2.05) is 24.4 Å². The van der Waals surface area contributed by atoms with Crippen molar-refractivity contribution in [2.75, 3.05) is 0 Å². The van der Waals surface area contributed by atoms with E-state index in [0.29, 0.717) is 0 Å². The largest absolute Gasteiger partial charge is 0.361 e. The first kappa shape index (κ1) is 12.9. The second kappa shape index (κ2) is 5.50. The smallest absolute Gasteiger partial charge is 0.271 e. The lowest BCUT2D eigenvalue weighted by Gasteiger charge is -1.90. The highest BCUT2D eigenvalue weighted by molar-refractivity contribution is 5.81. The maximum Gasteiger partial charge on any atom is 0.271 e. The van der Waals surface area contributed by atoms with Crippen LogP contribution in [0.2, 0.25) is 0 Å². The molecule has 0 unspecified atom stereocenters. The summed E-state index contributed by atoms with van der Waals surface area (Å²) in [5.41, 5.74) is 2.12. The number of aromatic amines is 2. The number of hydrogen-bond donors (Lipinski definition) is 2. The monoisotopic (exact) mass is 279 g/mol. The van der Waals surface area contributed by atoms with Crippen LogP contribution in [0.25, 0.3) is 21.8 Å². The Labute approximate surface area is 120 Å².